The first-order valence-electron chi connectivity index (χ1n) is 8.51. The van der Waals surface area contributed by atoms with Gasteiger partial charge in [0, 0.05) is 18.7 Å². The molecule has 3 aromatic rings. The molecular weight excluding hydrogens is 402 g/mol. The van der Waals surface area contributed by atoms with Crippen LogP contribution >= 0.6 is 11.3 Å². The summed E-state index contributed by atoms with van der Waals surface area (Å²) in [7, 11) is -3.68. The first kappa shape index (κ1) is 18.7. The summed E-state index contributed by atoms with van der Waals surface area (Å²) < 4.78 is 43.6. The Labute approximate surface area is 166 Å². The molecule has 1 aromatic carbocycles. The fraction of sp³-hybridized carbons (Fsp3) is 0.222. The maximum Gasteiger partial charge on any atom is 0.240 e. The number of hydrogen-bond donors (Lipinski definition) is 1. The van der Waals surface area contributed by atoms with Gasteiger partial charge in [0.1, 0.15) is 25.5 Å². The third-order valence-electron chi connectivity index (χ3n) is 3.88. The van der Waals surface area contributed by atoms with Gasteiger partial charge in [0.05, 0.1) is 9.77 Å². The number of ether oxygens (including phenoxy) is 3. The molecule has 4 rings (SSSR count). The van der Waals surface area contributed by atoms with E-state index in [9.17, 15) is 8.42 Å². The smallest absolute Gasteiger partial charge is 0.240 e. The Morgan fingerprint density at radius 2 is 1.93 bits per heavy atom. The standard InChI is InChI=1S/C18H17N3O5S2/c22-28(23,13-3-5-15-16(12-13)25-10-9-24-15)19-7-8-26-18-6-4-14(20-21-18)17-2-1-11-27-17/h1-6,11-12,19H,7-10H2. The summed E-state index contributed by atoms with van der Waals surface area (Å²) in [5.41, 5.74) is 0.765. The molecule has 1 aliphatic heterocycles. The molecule has 1 N–H and O–H groups in total. The van der Waals surface area contributed by atoms with Crippen molar-refractivity contribution in [3.63, 3.8) is 0 Å². The van der Waals surface area contributed by atoms with Crippen molar-refractivity contribution < 1.29 is 22.6 Å². The van der Waals surface area contributed by atoms with E-state index in [1.54, 1.807) is 23.5 Å². The van der Waals surface area contributed by atoms with Gasteiger partial charge in [-0.1, -0.05) is 6.07 Å². The van der Waals surface area contributed by atoms with E-state index in [0.717, 1.165) is 10.6 Å². The lowest BCUT2D eigenvalue weighted by atomic mass is 10.3. The zero-order valence-corrected chi connectivity index (χ0v) is 16.3. The Balaban J connectivity index is 1.31. The van der Waals surface area contributed by atoms with Gasteiger partial charge >= 0.3 is 0 Å². The monoisotopic (exact) mass is 419 g/mol. The molecule has 0 spiro atoms. The Morgan fingerprint density at radius 3 is 2.68 bits per heavy atom. The van der Waals surface area contributed by atoms with Gasteiger partial charge in [-0.2, -0.15) is 0 Å². The molecule has 0 atom stereocenters. The molecular formula is C18H17N3O5S2. The minimum atomic E-state index is -3.68. The number of rotatable bonds is 7. The minimum Gasteiger partial charge on any atom is -0.486 e. The number of sulfonamides is 1. The molecule has 0 saturated heterocycles. The van der Waals surface area contributed by atoms with Crippen LogP contribution in [0.25, 0.3) is 10.6 Å². The van der Waals surface area contributed by atoms with E-state index in [1.165, 1.54) is 12.1 Å². The predicted octanol–water partition coefficient (Wildman–Crippen LogP) is 2.33. The number of thiophene rings is 1. The Morgan fingerprint density at radius 1 is 1.07 bits per heavy atom. The lowest BCUT2D eigenvalue weighted by Crippen LogP contribution is -2.28. The zero-order valence-electron chi connectivity index (χ0n) is 14.7. The quantitative estimate of drug-likeness (QED) is 0.587. The number of fused-ring (bicyclic) bond motifs is 1. The highest BCUT2D eigenvalue weighted by atomic mass is 32.2. The number of nitrogens with zero attached hydrogens (tertiary/aromatic N) is 2. The summed E-state index contributed by atoms with van der Waals surface area (Å²) in [4.78, 5) is 1.13. The van der Waals surface area contributed by atoms with E-state index in [4.69, 9.17) is 14.2 Å². The molecule has 0 amide bonds. The van der Waals surface area contributed by atoms with Crippen LogP contribution < -0.4 is 18.9 Å². The topological polar surface area (TPSA) is 99.6 Å². The maximum atomic E-state index is 12.4. The molecule has 0 radical (unpaired) electrons. The van der Waals surface area contributed by atoms with Crippen molar-refractivity contribution in [2.45, 2.75) is 4.90 Å². The third-order valence-corrected chi connectivity index (χ3v) is 6.23. The minimum absolute atomic E-state index is 0.0884. The largest absolute Gasteiger partial charge is 0.486 e. The van der Waals surface area contributed by atoms with Gasteiger partial charge in [0.2, 0.25) is 15.9 Å². The molecule has 0 saturated carbocycles. The van der Waals surface area contributed by atoms with Gasteiger partial charge in [-0.3, -0.25) is 0 Å². The summed E-state index contributed by atoms with van der Waals surface area (Å²) in [5, 5.41) is 10.1. The Hall–Kier alpha value is -2.69. The van der Waals surface area contributed by atoms with Gasteiger partial charge in [0.15, 0.2) is 11.5 Å². The van der Waals surface area contributed by atoms with E-state index < -0.39 is 10.0 Å². The van der Waals surface area contributed by atoms with Crippen molar-refractivity contribution >= 4 is 21.4 Å². The van der Waals surface area contributed by atoms with Crippen LogP contribution in [0.1, 0.15) is 0 Å². The zero-order chi connectivity index (χ0) is 19.4. The van der Waals surface area contributed by atoms with Crippen LogP contribution in [0.5, 0.6) is 17.4 Å². The molecule has 0 aliphatic carbocycles. The van der Waals surface area contributed by atoms with Crippen LogP contribution in [-0.4, -0.2) is 45.0 Å². The average molecular weight is 419 g/mol. The van der Waals surface area contributed by atoms with E-state index in [-0.39, 0.29) is 18.0 Å². The predicted molar refractivity (Wildman–Crippen MR) is 103 cm³/mol. The van der Waals surface area contributed by atoms with Crippen LogP contribution in [0.3, 0.4) is 0 Å². The van der Waals surface area contributed by atoms with Gasteiger partial charge < -0.3 is 14.2 Å². The molecule has 1 aliphatic rings. The highest BCUT2D eigenvalue weighted by Gasteiger charge is 2.19. The fourth-order valence-electron chi connectivity index (χ4n) is 2.56. The van der Waals surface area contributed by atoms with E-state index in [2.05, 4.69) is 14.9 Å². The van der Waals surface area contributed by atoms with Crippen molar-refractivity contribution in [3.05, 3.63) is 47.8 Å². The van der Waals surface area contributed by atoms with E-state index >= 15 is 0 Å². The van der Waals surface area contributed by atoms with E-state index in [0.29, 0.717) is 30.6 Å². The van der Waals surface area contributed by atoms with Crippen molar-refractivity contribution in [2.24, 2.45) is 0 Å². The van der Waals surface area contributed by atoms with Crippen LogP contribution in [0.15, 0.2) is 52.7 Å². The first-order valence-corrected chi connectivity index (χ1v) is 10.9. The Kier molecular flexibility index (Phi) is 5.42. The van der Waals surface area contributed by atoms with Crippen LogP contribution in [0, 0.1) is 0 Å². The number of nitrogens with one attached hydrogen (secondary N) is 1. The number of hydrogen-bond acceptors (Lipinski definition) is 8. The van der Waals surface area contributed by atoms with Gasteiger partial charge in [-0.25, -0.2) is 13.1 Å². The lowest BCUT2D eigenvalue weighted by molar-refractivity contribution is 0.171. The van der Waals surface area contributed by atoms with Crippen molar-refractivity contribution in [1.29, 1.82) is 0 Å². The maximum absolute atomic E-state index is 12.4. The third kappa shape index (κ3) is 4.24. The van der Waals surface area contributed by atoms with Gasteiger partial charge in [-0.15, -0.1) is 21.5 Å². The van der Waals surface area contributed by atoms with Crippen LogP contribution in [0.4, 0.5) is 0 Å². The summed E-state index contributed by atoms with van der Waals surface area (Å²) >= 11 is 1.58. The summed E-state index contributed by atoms with van der Waals surface area (Å²) in [6.07, 6.45) is 0. The van der Waals surface area contributed by atoms with Gasteiger partial charge in [-0.05, 0) is 29.6 Å². The second kappa shape index (κ2) is 8.13. The lowest BCUT2D eigenvalue weighted by Gasteiger charge is -2.18. The summed E-state index contributed by atoms with van der Waals surface area (Å²) in [6.45, 7) is 1.05. The first-order chi connectivity index (χ1) is 13.6. The summed E-state index contributed by atoms with van der Waals surface area (Å²) in [6, 6.07) is 11.9. The summed E-state index contributed by atoms with van der Waals surface area (Å²) in [5.74, 6) is 1.29. The van der Waals surface area contributed by atoms with Gasteiger partial charge in [0.25, 0.3) is 0 Å². The molecule has 0 bridgehead atoms. The Bertz CT molecular complexity index is 1040. The normalized spacial score (nSPS) is 13.3. The molecule has 10 heteroatoms. The number of aromatic nitrogens is 2. The average Bonchev–Trinajstić information content (AvgIpc) is 3.26. The van der Waals surface area contributed by atoms with Crippen LogP contribution in [0.2, 0.25) is 0 Å². The molecule has 28 heavy (non-hydrogen) atoms. The highest BCUT2D eigenvalue weighted by molar-refractivity contribution is 7.89. The molecule has 0 fully saturated rings. The van der Waals surface area contributed by atoms with E-state index in [1.807, 2.05) is 23.6 Å². The van der Waals surface area contributed by atoms with Crippen molar-refractivity contribution in [2.75, 3.05) is 26.4 Å². The molecule has 0 unspecified atom stereocenters. The molecule has 2 aromatic heterocycles. The fourth-order valence-corrected chi connectivity index (χ4v) is 4.28. The number of benzene rings is 1. The highest BCUT2D eigenvalue weighted by Crippen LogP contribution is 2.32. The van der Waals surface area contributed by atoms with Crippen molar-refractivity contribution in [1.82, 2.24) is 14.9 Å². The second-order valence-corrected chi connectivity index (χ2v) is 8.50. The SMILES string of the molecule is O=S(=O)(NCCOc1ccc(-c2cccs2)nn1)c1ccc2c(c1)OCCO2. The molecule has 8 nitrogen and oxygen atoms in total. The second-order valence-electron chi connectivity index (χ2n) is 5.79. The van der Waals surface area contributed by atoms with Crippen molar-refractivity contribution in [3.8, 4) is 28.0 Å². The van der Waals surface area contributed by atoms with Crippen LogP contribution in [-0.2, 0) is 10.0 Å². The molecule has 146 valence electrons. The molecule has 3 heterocycles.